The Morgan fingerprint density at radius 2 is 1.95 bits per heavy atom. The summed E-state index contributed by atoms with van der Waals surface area (Å²) in [5.74, 6) is -0.156. The van der Waals surface area contributed by atoms with Crippen LogP contribution in [-0.4, -0.2) is 24.2 Å². The van der Waals surface area contributed by atoms with Gasteiger partial charge < -0.3 is 10.1 Å². The number of esters is 1. The Bertz CT molecular complexity index is 381. The summed E-state index contributed by atoms with van der Waals surface area (Å²) in [6.45, 7) is 12.4. The van der Waals surface area contributed by atoms with Gasteiger partial charge in [0.1, 0.15) is 6.61 Å². The molecule has 1 atom stereocenters. The highest BCUT2D eigenvalue weighted by Crippen LogP contribution is 2.18. The Morgan fingerprint density at radius 1 is 1.32 bits per heavy atom. The molecule has 0 spiro atoms. The zero-order chi connectivity index (χ0) is 14.7. The highest BCUT2D eigenvalue weighted by molar-refractivity contribution is 5.75. The summed E-state index contributed by atoms with van der Waals surface area (Å²) in [5.41, 5.74) is 0.749. The Balaban J connectivity index is 2.41. The monoisotopic (exact) mass is 265 g/mol. The highest BCUT2D eigenvalue weighted by Gasteiger charge is 2.23. The van der Waals surface area contributed by atoms with Gasteiger partial charge in [-0.1, -0.05) is 18.2 Å². The molecule has 1 aliphatic carbocycles. The quantitative estimate of drug-likeness (QED) is 0.796. The van der Waals surface area contributed by atoms with E-state index in [0.29, 0.717) is 12.6 Å². The molecule has 0 bridgehead atoms. The van der Waals surface area contributed by atoms with Crippen LogP contribution < -0.4 is 5.32 Å². The van der Waals surface area contributed by atoms with Gasteiger partial charge in [0.25, 0.3) is 0 Å². The molecule has 0 heterocycles. The molecule has 3 nitrogen and oxygen atoms in total. The molecule has 0 aromatic heterocycles. The number of carbonyl (C=O) groups is 1. The molecule has 0 aromatic rings. The van der Waals surface area contributed by atoms with Crippen LogP contribution in [0.25, 0.3) is 0 Å². The van der Waals surface area contributed by atoms with E-state index in [2.05, 4.69) is 38.2 Å². The summed E-state index contributed by atoms with van der Waals surface area (Å²) < 4.78 is 5.30. The van der Waals surface area contributed by atoms with E-state index in [4.69, 9.17) is 4.74 Å². The highest BCUT2D eigenvalue weighted by atomic mass is 16.5. The number of hydrogen-bond acceptors (Lipinski definition) is 3. The third-order valence-corrected chi connectivity index (χ3v) is 2.78. The summed E-state index contributed by atoms with van der Waals surface area (Å²) in [6.07, 6.45) is 7.27. The predicted octanol–water partition coefficient (Wildman–Crippen LogP) is 3.22. The van der Waals surface area contributed by atoms with Gasteiger partial charge in [-0.15, -0.1) is 0 Å². The van der Waals surface area contributed by atoms with E-state index in [0.717, 1.165) is 12.0 Å². The predicted molar refractivity (Wildman–Crippen MR) is 78.9 cm³/mol. The van der Waals surface area contributed by atoms with Gasteiger partial charge >= 0.3 is 5.97 Å². The van der Waals surface area contributed by atoms with Gasteiger partial charge in [0.2, 0.25) is 0 Å². The molecule has 0 aliphatic heterocycles. The third-order valence-electron chi connectivity index (χ3n) is 2.78. The number of ether oxygens (including phenoxy) is 1. The van der Waals surface area contributed by atoms with Crippen molar-refractivity contribution < 1.29 is 9.53 Å². The maximum atomic E-state index is 11.7. The first kappa shape index (κ1) is 16.0. The second-order valence-electron chi connectivity index (χ2n) is 7.20. The average Bonchev–Trinajstić information content (AvgIpc) is 2.24. The first-order chi connectivity index (χ1) is 8.58. The molecule has 1 aliphatic rings. The first-order valence-electron chi connectivity index (χ1n) is 6.90. The molecule has 1 unspecified atom stereocenters. The van der Waals surface area contributed by atoms with Crippen molar-refractivity contribution >= 4 is 5.97 Å². The normalized spacial score (nSPS) is 20.1. The molecular formula is C16H27NO2. The zero-order valence-electron chi connectivity index (χ0n) is 13.0. The Kier molecular flexibility index (Phi) is 4.97. The van der Waals surface area contributed by atoms with Gasteiger partial charge in [-0.25, -0.2) is 0 Å². The SMILES string of the molecule is CC(C)(C)NC1C=CC(COC(=O)C(C)(C)C)=CC1. The fourth-order valence-electron chi connectivity index (χ4n) is 1.80. The van der Waals surface area contributed by atoms with Crippen LogP contribution in [-0.2, 0) is 9.53 Å². The van der Waals surface area contributed by atoms with Crippen molar-refractivity contribution in [2.45, 2.75) is 59.5 Å². The summed E-state index contributed by atoms with van der Waals surface area (Å²) in [7, 11) is 0. The van der Waals surface area contributed by atoms with E-state index in [-0.39, 0.29) is 11.5 Å². The molecule has 0 saturated carbocycles. The van der Waals surface area contributed by atoms with Crippen LogP contribution in [0.3, 0.4) is 0 Å². The van der Waals surface area contributed by atoms with Gasteiger partial charge in [-0.3, -0.25) is 4.79 Å². The molecular weight excluding hydrogens is 238 g/mol. The third kappa shape index (κ3) is 6.06. The zero-order valence-corrected chi connectivity index (χ0v) is 13.0. The number of nitrogens with one attached hydrogen (secondary N) is 1. The van der Waals surface area contributed by atoms with E-state index in [9.17, 15) is 4.79 Å². The van der Waals surface area contributed by atoms with E-state index in [1.54, 1.807) is 0 Å². The summed E-state index contributed by atoms with van der Waals surface area (Å²) in [6, 6.07) is 0.363. The van der Waals surface area contributed by atoms with Gasteiger partial charge in [-0.05, 0) is 53.5 Å². The van der Waals surface area contributed by atoms with Crippen molar-refractivity contribution in [1.29, 1.82) is 0 Å². The minimum absolute atomic E-state index is 0.110. The molecule has 0 aromatic carbocycles. The largest absolute Gasteiger partial charge is 0.460 e. The molecule has 108 valence electrons. The minimum Gasteiger partial charge on any atom is -0.460 e. The van der Waals surface area contributed by atoms with E-state index in [1.807, 2.05) is 26.8 Å². The van der Waals surface area contributed by atoms with Gasteiger partial charge in [0.05, 0.1) is 5.41 Å². The topological polar surface area (TPSA) is 38.3 Å². The fourth-order valence-corrected chi connectivity index (χ4v) is 1.80. The maximum absolute atomic E-state index is 11.7. The molecule has 0 saturated heterocycles. The van der Waals surface area contributed by atoms with Crippen LogP contribution in [0, 0.1) is 5.41 Å². The van der Waals surface area contributed by atoms with Crippen LogP contribution in [0.15, 0.2) is 23.8 Å². The molecule has 19 heavy (non-hydrogen) atoms. The minimum atomic E-state index is -0.435. The van der Waals surface area contributed by atoms with Gasteiger partial charge in [0.15, 0.2) is 0 Å². The van der Waals surface area contributed by atoms with Crippen LogP contribution in [0.4, 0.5) is 0 Å². The molecule has 0 fully saturated rings. The van der Waals surface area contributed by atoms with Crippen LogP contribution in [0.2, 0.25) is 0 Å². The second-order valence-corrected chi connectivity index (χ2v) is 7.20. The van der Waals surface area contributed by atoms with Crippen LogP contribution >= 0.6 is 0 Å². The van der Waals surface area contributed by atoms with E-state index in [1.165, 1.54) is 0 Å². The van der Waals surface area contributed by atoms with Crippen LogP contribution in [0.1, 0.15) is 48.0 Å². The van der Waals surface area contributed by atoms with Crippen molar-refractivity contribution in [3.63, 3.8) is 0 Å². The van der Waals surface area contributed by atoms with E-state index >= 15 is 0 Å². The standard InChI is InChI=1S/C16H27NO2/c1-15(2,3)14(18)19-11-12-7-9-13(10-8-12)17-16(4,5)6/h7-9,13,17H,10-11H2,1-6H3. The number of hydrogen-bond donors (Lipinski definition) is 1. The van der Waals surface area contributed by atoms with Crippen molar-refractivity contribution in [3.05, 3.63) is 23.8 Å². The fraction of sp³-hybridized carbons (Fsp3) is 0.688. The Labute approximate surface area is 117 Å². The lowest BCUT2D eigenvalue weighted by atomic mass is 9.97. The Hall–Kier alpha value is -1.09. The van der Waals surface area contributed by atoms with Crippen molar-refractivity contribution in [2.24, 2.45) is 5.41 Å². The van der Waals surface area contributed by atoms with E-state index < -0.39 is 5.41 Å². The lowest BCUT2D eigenvalue weighted by Crippen LogP contribution is -2.43. The van der Waals surface area contributed by atoms with Crippen molar-refractivity contribution in [1.82, 2.24) is 5.32 Å². The molecule has 0 amide bonds. The van der Waals surface area contributed by atoms with Crippen molar-refractivity contribution in [2.75, 3.05) is 6.61 Å². The van der Waals surface area contributed by atoms with Crippen molar-refractivity contribution in [3.8, 4) is 0 Å². The Morgan fingerprint density at radius 3 is 2.37 bits per heavy atom. The summed E-state index contributed by atoms with van der Waals surface area (Å²) in [4.78, 5) is 11.7. The maximum Gasteiger partial charge on any atom is 0.311 e. The molecule has 3 heteroatoms. The number of rotatable bonds is 3. The molecule has 1 N–H and O–H groups in total. The average molecular weight is 265 g/mol. The molecule has 0 radical (unpaired) electrons. The summed E-state index contributed by atoms with van der Waals surface area (Å²) >= 11 is 0. The summed E-state index contributed by atoms with van der Waals surface area (Å²) in [5, 5.41) is 3.53. The number of carbonyl (C=O) groups excluding carboxylic acids is 1. The second kappa shape index (κ2) is 5.91. The van der Waals surface area contributed by atoms with Gasteiger partial charge in [-0.2, -0.15) is 0 Å². The van der Waals surface area contributed by atoms with Crippen LogP contribution in [0.5, 0.6) is 0 Å². The molecule has 1 rings (SSSR count). The lowest BCUT2D eigenvalue weighted by molar-refractivity contribution is -0.151. The smallest absolute Gasteiger partial charge is 0.311 e. The lowest BCUT2D eigenvalue weighted by Gasteiger charge is -2.27. The van der Waals surface area contributed by atoms with Gasteiger partial charge in [0, 0.05) is 11.6 Å². The first-order valence-corrected chi connectivity index (χ1v) is 6.90.